The van der Waals surface area contributed by atoms with Crippen molar-refractivity contribution >= 4 is 50.0 Å². The fourth-order valence-electron chi connectivity index (χ4n) is 1.94. The molecule has 3 rings (SSSR count). The summed E-state index contributed by atoms with van der Waals surface area (Å²) in [5, 5.41) is 1.41. The number of nitrogen functional groups attached to an aromatic ring is 1. The molecule has 0 aliphatic heterocycles. The van der Waals surface area contributed by atoms with Crippen LogP contribution >= 0.6 is 27.5 Å². The predicted octanol–water partition coefficient (Wildman–Crippen LogP) is 4.66. The lowest BCUT2D eigenvalue weighted by atomic mass is 10.1. The number of nitrogens with two attached hydrogens (primary N) is 1. The number of halogens is 2. The summed E-state index contributed by atoms with van der Waals surface area (Å²) in [6.07, 6.45) is 0. The number of hydrogen-bond acceptors (Lipinski definition) is 3. The van der Waals surface area contributed by atoms with Crippen LogP contribution in [0.25, 0.3) is 11.0 Å². The molecule has 5 heteroatoms. The molecule has 0 saturated heterocycles. The molecule has 0 atom stereocenters. The summed E-state index contributed by atoms with van der Waals surface area (Å²) in [6.45, 7) is 0. The van der Waals surface area contributed by atoms with Crippen molar-refractivity contribution in [3.8, 4) is 0 Å². The van der Waals surface area contributed by atoms with E-state index in [-0.39, 0.29) is 11.5 Å². The van der Waals surface area contributed by atoms with Crippen LogP contribution in [0.2, 0.25) is 5.02 Å². The first-order valence-corrected chi connectivity index (χ1v) is 7.00. The molecule has 0 radical (unpaired) electrons. The van der Waals surface area contributed by atoms with Gasteiger partial charge in [0.15, 0.2) is 5.76 Å². The van der Waals surface area contributed by atoms with Crippen molar-refractivity contribution in [1.82, 2.24) is 0 Å². The molecule has 100 valence electrons. The lowest BCUT2D eigenvalue weighted by molar-refractivity contribution is 0.101. The third-order valence-electron chi connectivity index (χ3n) is 2.96. The van der Waals surface area contributed by atoms with Gasteiger partial charge < -0.3 is 10.2 Å². The van der Waals surface area contributed by atoms with Gasteiger partial charge in [0, 0.05) is 26.1 Å². The Bertz CT molecular complexity index is 826. The number of benzene rings is 2. The highest BCUT2D eigenvalue weighted by molar-refractivity contribution is 9.10. The Morgan fingerprint density at radius 3 is 2.70 bits per heavy atom. The molecule has 0 aliphatic carbocycles. The van der Waals surface area contributed by atoms with Gasteiger partial charge in [-0.15, -0.1) is 0 Å². The molecule has 0 aliphatic rings. The van der Waals surface area contributed by atoms with Gasteiger partial charge in [-0.25, -0.2) is 0 Å². The van der Waals surface area contributed by atoms with Crippen molar-refractivity contribution in [2.75, 3.05) is 5.73 Å². The van der Waals surface area contributed by atoms with E-state index < -0.39 is 0 Å². The van der Waals surface area contributed by atoms with Gasteiger partial charge in [0.25, 0.3) is 0 Å². The van der Waals surface area contributed by atoms with Crippen molar-refractivity contribution in [3.63, 3.8) is 0 Å². The first kappa shape index (κ1) is 13.2. The average molecular weight is 351 g/mol. The van der Waals surface area contributed by atoms with Crippen molar-refractivity contribution in [2.24, 2.45) is 0 Å². The minimum Gasteiger partial charge on any atom is -0.453 e. The maximum Gasteiger partial charge on any atom is 0.228 e. The summed E-state index contributed by atoms with van der Waals surface area (Å²) in [5.74, 6) is 0.0805. The monoisotopic (exact) mass is 349 g/mol. The number of fused-ring (bicyclic) bond motifs is 1. The van der Waals surface area contributed by atoms with E-state index in [9.17, 15) is 4.79 Å². The van der Waals surface area contributed by atoms with E-state index in [1.165, 1.54) is 0 Å². The zero-order valence-corrected chi connectivity index (χ0v) is 12.5. The molecule has 0 bridgehead atoms. The first-order chi connectivity index (χ1) is 9.54. The zero-order chi connectivity index (χ0) is 14.3. The van der Waals surface area contributed by atoms with E-state index in [2.05, 4.69) is 15.9 Å². The van der Waals surface area contributed by atoms with Gasteiger partial charge in [0.1, 0.15) is 5.58 Å². The smallest absolute Gasteiger partial charge is 0.228 e. The summed E-state index contributed by atoms with van der Waals surface area (Å²) in [7, 11) is 0. The Labute approximate surface area is 128 Å². The third-order valence-corrected chi connectivity index (χ3v) is 3.89. The summed E-state index contributed by atoms with van der Waals surface area (Å²) in [6, 6.07) is 11.9. The van der Waals surface area contributed by atoms with Crippen LogP contribution < -0.4 is 5.73 Å². The van der Waals surface area contributed by atoms with Gasteiger partial charge in [-0.05, 0) is 58.4 Å². The molecule has 3 nitrogen and oxygen atoms in total. The molecule has 0 amide bonds. The van der Waals surface area contributed by atoms with Crippen molar-refractivity contribution in [3.05, 3.63) is 63.3 Å². The molecule has 0 spiro atoms. The number of ketones is 1. The molecule has 0 fully saturated rings. The fourth-order valence-corrected chi connectivity index (χ4v) is 2.50. The lowest BCUT2D eigenvalue weighted by Gasteiger charge is -2.01. The normalized spacial score (nSPS) is 10.9. The standard InChI is InChI=1S/C15H9BrClNO2/c16-11-6-8(1-3-12(11)18)15(19)14-7-9-5-10(17)2-4-13(9)20-14/h1-7H,18H2. The van der Waals surface area contributed by atoms with Crippen molar-refractivity contribution in [1.29, 1.82) is 0 Å². The van der Waals surface area contributed by atoms with Gasteiger partial charge in [-0.1, -0.05) is 11.6 Å². The van der Waals surface area contributed by atoms with Gasteiger partial charge in [0.2, 0.25) is 5.78 Å². The number of furan rings is 1. The van der Waals surface area contributed by atoms with Crippen molar-refractivity contribution < 1.29 is 9.21 Å². The van der Waals surface area contributed by atoms with Crippen LogP contribution in [0.4, 0.5) is 5.69 Å². The second-order valence-electron chi connectivity index (χ2n) is 4.36. The highest BCUT2D eigenvalue weighted by Crippen LogP contribution is 2.26. The number of anilines is 1. The van der Waals surface area contributed by atoms with Gasteiger partial charge in [-0.2, -0.15) is 0 Å². The minimum atomic E-state index is -0.196. The first-order valence-electron chi connectivity index (χ1n) is 5.83. The number of carbonyl (C=O) groups is 1. The Morgan fingerprint density at radius 1 is 1.15 bits per heavy atom. The maximum atomic E-state index is 12.4. The molecule has 20 heavy (non-hydrogen) atoms. The van der Waals surface area contributed by atoms with Crippen LogP contribution in [0.5, 0.6) is 0 Å². The summed E-state index contributed by atoms with van der Waals surface area (Å²) < 4.78 is 6.24. The topological polar surface area (TPSA) is 56.2 Å². The van der Waals surface area contributed by atoms with E-state index >= 15 is 0 Å². The quantitative estimate of drug-likeness (QED) is 0.540. The Balaban J connectivity index is 2.05. The lowest BCUT2D eigenvalue weighted by Crippen LogP contribution is -2.00. The second kappa shape index (κ2) is 4.96. The van der Waals surface area contributed by atoms with E-state index in [4.69, 9.17) is 21.8 Å². The fraction of sp³-hybridized carbons (Fsp3) is 0. The highest BCUT2D eigenvalue weighted by Gasteiger charge is 2.15. The van der Waals surface area contributed by atoms with Crippen LogP contribution in [-0.2, 0) is 0 Å². The van der Waals surface area contributed by atoms with Crippen LogP contribution in [0.15, 0.2) is 51.4 Å². The summed E-state index contributed by atoms with van der Waals surface area (Å²) >= 11 is 9.22. The summed E-state index contributed by atoms with van der Waals surface area (Å²) in [5.41, 5.74) is 7.43. The molecule has 3 aromatic rings. The van der Waals surface area contributed by atoms with Crippen LogP contribution in [0.1, 0.15) is 16.1 Å². The Kier molecular flexibility index (Phi) is 3.28. The Hall–Kier alpha value is -1.78. The van der Waals surface area contributed by atoms with E-state index in [0.29, 0.717) is 26.3 Å². The van der Waals surface area contributed by atoms with Gasteiger partial charge in [0.05, 0.1) is 0 Å². The molecular formula is C15H9BrClNO2. The van der Waals surface area contributed by atoms with Crippen molar-refractivity contribution in [2.45, 2.75) is 0 Å². The molecule has 1 heterocycles. The highest BCUT2D eigenvalue weighted by atomic mass is 79.9. The zero-order valence-electron chi connectivity index (χ0n) is 10.2. The number of hydrogen-bond donors (Lipinski definition) is 1. The average Bonchev–Trinajstić information content (AvgIpc) is 2.84. The molecule has 0 saturated carbocycles. The Morgan fingerprint density at radius 2 is 1.95 bits per heavy atom. The largest absolute Gasteiger partial charge is 0.453 e. The molecule has 2 N–H and O–H groups in total. The molecular weight excluding hydrogens is 342 g/mol. The van der Waals surface area contributed by atoms with Crippen LogP contribution in [0.3, 0.4) is 0 Å². The van der Waals surface area contributed by atoms with Gasteiger partial charge >= 0.3 is 0 Å². The molecule has 0 unspecified atom stereocenters. The van der Waals surface area contributed by atoms with E-state index in [1.807, 2.05) is 0 Å². The van der Waals surface area contributed by atoms with Crippen LogP contribution in [-0.4, -0.2) is 5.78 Å². The number of carbonyl (C=O) groups excluding carboxylic acids is 1. The van der Waals surface area contributed by atoms with E-state index in [0.717, 1.165) is 5.39 Å². The van der Waals surface area contributed by atoms with Crippen LogP contribution in [0, 0.1) is 0 Å². The SMILES string of the molecule is Nc1ccc(C(=O)c2cc3cc(Cl)ccc3o2)cc1Br. The number of rotatable bonds is 2. The molecule has 1 aromatic heterocycles. The van der Waals surface area contributed by atoms with Gasteiger partial charge in [-0.3, -0.25) is 4.79 Å². The summed E-state index contributed by atoms with van der Waals surface area (Å²) in [4.78, 5) is 12.4. The third kappa shape index (κ3) is 2.32. The second-order valence-corrected chi connectivity index (χ2v) is 5.65. The molecule has 2 aromatic carbocycles. The van der Waals surface area contributed by atoms with E-state index in [1.54, 1.807) is 42.5 Å². The predicted molar refractivity (Wildman–Crippen MR) is 83.2 cm³/mol. The maximum absolute atomic E-state index is 12.4. The minimum absolute atomic E-state index is 0.196.